The number of rotatable bonds is 4. The summed E-state index contributed by atoms with van der Waals surface area (Å²) in [6, 6.07) is 12.3. The van der Waals surface area contributed by atoms with E-state index in [9.17, 15) is 18.0 Å². The number of aromatic nitrogens is 2. The second kappa shape index (κ2) is 7.67. The van der Waals surface area contributed by atoms with Crippen LogP contribution in [0.25, 0.3) is 5.69 Å². The van der Waals surface area contributed by atoms with E-state index in [1.165, 1.54) is 4.68 Å². The number of esters is 1. The number of nitrogens with zero attached hydrogens (tertiary/aromatic N) is 2. The molecule has 0 fully saturated rings. The average Bonchev–Trinajstić information content (AvgIpc) is 3.05. The van der Waals surface area contributed by atoms with Gasteiger partial charge < -0.3 is 4.74 Å². The van der Waals surface area contributed by atoms with Crippen LogP contribution in [-0.2, 0) is 6.18 Å². The molecule has 0 amide bonds. The summed E-state index contributed by atoms with van der Waals surface area (Å²) in [5, 5.41) is 4.85. The predicted octanol–water partition coefficient (Wildman–Crippen LogP) is 5.89. The summed E-state index contributed by atoms with van der Waals surface area (Å²) >= 11 is 6.23. The number of hydrogen-bond acceptors (Lipinski definition) is 3. The van der Waals surface area contributed by atoms with Gasteiger partial charge in [-0.05, 0) is 42.3 Å². The van der Waals surface area contributed by atoms with Gasteiger partial charge in [0.1, 0.15) is 0 Å². The quantitative estimate of drug-likeness (QED) is 0.506. The van der Waals surface area contributed by atoms with E-state index in [1.54, 1.807) is 30.3 Å². The van der Waals surface area contributed by atoms with Crippen molar-refractivity contribution >= 4 is 17.6 Å². The van der Waals surface area contributed by atoms with E-state index in [4.69, 9.17) is 16.3 Å². The summed E-state index contributed by atoms with van der Waals surface area (Å²) in [7, 11) is 0. The maximum atomic E-state index is 12.7. The van der Waals surface area contributed by atoms with Crippen LogP contribution in [0.2, 0.25) is 5.02 Å². The molecule has 2 aromatic carbocycles. The van der Waals surface area contributed by atoms with Gasteiger partial charge in [-0.25, -0.2) is 4.79 Å². The molecule has 3 rings (SSSR count). The summed E-state index contributed by atoms with van der Waals surface area (Å²) < 4.78 is 44.9. The Morgan fingerprint density at radius 3 is 2.32 bits per heavy atom. The van der Waals surface area contributed by atoms with Crippen molar-refractivity contribution in [3.8, 4) is 11.6 Å². The van der Waals surface area contributed by atoms with Crippen molar-refractivity contribution in [3.05, 3.63) is 76.4 Å². The Bertz CT molecular complexity index is 995. The third kappa shape index (κ3) is 4.20. The molecule has 0 N–H and O–H groups in total. The van der Waals surface area contributed by atoms with Crippen LogP contribution in [0, 0.1) is 0 Å². The number of alkyl halides is 3. The van der Waals surface area contributed by atoms with E-state index >= 15 is 0 Å². The number of ether oxygens (including phenoxy) is 1. The largest absolute Gasteiger partial charge is 0.416 e. The molecular formula is C20H16ClF3N2O2. The zero-order valence-electron chi connectivity index (χ0n) is 15.0. The van der Waals surface area contributed by atoms with Crippen LogP contribution in [0.1, 0.15) is 41.4 Å². The van der Waals surface area contributed by atoms with Crippen LogP contribution in [0.4, 0.5) is 13.2 Å². The van der Waals surface area contributed by atoms with Crippen molar-refractivity contribution in [1.29, 1.82) is 0 Å². The molecule has 0 aliphatic heterocycles. The van der Waals surface area contributed by atoms with Crippen molar-refractivity contribution in [1.82, 2.24) is 9.78 Å². The summed E-state index contributed by atoms with van der Waals surface area (Å²) in [5.41, 5.74) is 0.347. The van der Waals surface area contributed by atoms with Crippen molar-refractivity contribution in [3.63, 3.8) is 0 Å². The highest BCUT2D eigenvalue weighted by molar-refractivity contribution is 6.32. The van der Waals surface area contributed by atoms with E-state index in [0.29, 0.717) is 16.4 Å². The van der Waals surface area contributed by atoms with Crippen molar-refractivity contribution < 1.29 is 22.7 Å². The van der Waals surface area contributed by atoms with Crippen LogP contribution in [0.3, 0.4) is 0 Å². The minimum absolute atomic E-state index is 0.00833. The van der Waals surface area contributed by atoms with Gasteiger partial charge in [-0.2, -0.15) is 23.0 Å². The Morgan fingerprint density at radius 2 is 1.75 bits per heavy atom. The van der Waals surface area contributed by atoms with Crippen molar-refractivity contribution in [2.75, 3.05) is 0 Å². The van der Waals surface area contributed by atoms with Gasteiger partial charge in [0.2, 0.25) is 5.88 Å². The lowest BCUT2D eigenvalue weighted by Crippen LogP contribution is -2.13. The zero-order valence-corrected chi connectivity index (χ0v) is 15.8. The molecule has 0 atom stereocenters. The first-order chi connectivity index (χ1) is 13.2. The highest BCUT2D eigenvalue weighted by Gasteiger charge is 2.30. The number of hydrogen-bond donors (Lipinski definition) is 0. The predicted molar refractivity (Wildman–Crippen MR) is 99.1 cm³/mol. The van der Waals surface area contributed by atoms with E-state index in [-0.39, 0.29) is 17.4 Å². The fourth-order valence-electron chi connectivity index (χ4n) is 2.48. The molecule has 3 aromatic rings. The summed E-state index contributed by atoms with van der Waals surface area (Å²) in [6.07, 6.45) is -4.47. The highest BCUT2D eigenvalue weighted by atomic mass is 35.5. The molecule has 0 aliphatic carbocycles. The first-order valence-electron chi connectivity index (χ1n) is 8.41. The molecular weight excluding hydrogens is 393 g/mol. The van der Waals surface area contributed by atoms with E-state index in [2.05, 4.69) is 5.10 Å². The molecule has 28 heavy (non-hydrogen) atoms. The van der Waals surface area contributed by atoms with Gasteiger partial charge in [-0.15, -0.1) is 0 Å². The van der Waals surface area contributed by atoms with Gasteiger partial charge in [0.15, 0.2) is 0 Å². The summed E-state index contributed by atoms with van der Waals surface area (Å²) in [5.74, 6) is -0.605. The zero-order chi connectivity index (χ0) is 20.5. The van der Waals surface area contributed by atoms with Crippen LogP contribution in [0.5, 0.6) is 5.88 Å². The molecule has 0 aliphatic rings. The summed E-state index contributed by atoms with van der Waals surface area (Å²) in [6.45, 7) is 3.86. The normalized spacial score (nSPS) is 11.7. The first kappa shape index (κ1) is 19.9. The number of carbonyl (C=O) groups excluding carboxylic acids is 1. The maximum Gasteiger partial charge on any atom is 0.416 e. The summed E-state index contributed by atoms with van der Waals surface area (Å²) in [4.78, 5) is 12.4. The Labute approximate surface area is 164 Å². The molecule has 8 heteroatoms. The molecule has 0 saturated carbocycles. The third-order valence-electron chi connectivity index (χ3n) is 4.01. The minimum atomic E-state index is -4.47. The van der Waals surface area contributed by atoms with Gasteiger partial charge >= 0.3 is 12.1 Å². The topological polar surface area (TPSA) is 44.1 Å². The number of carbonyl (C=O) groups is 1. The van der Waals surface area contributed by atoms with E-state index in [0.717, 1.165) is 24.3 Å². The first-order valence-corrected chi connectivity index (χ1v) is 8.79. The van der Waals surface area contributed by atoms with Crippen molar-refractivity contribution in [2.24, 2.45) is 0 Å². The molecule has 146 valence electrons. The molecule has 0 radical (unpaired) electrons. The average molecular weight is 409 g/mol. The fourth-order valence-corrected chi connectivity index (χ4v) is 2.70. The van der Waals surface area contributed by atoms with Gasteiger partial charge in [-0.3, -0.25) is 0 Å². The number of benzene rings is 2. The van der Waals surface area contributed by atoms with E-state index in [1.807, 2.05) is 13.8 Å². The second-order valence-electron chi connectivity index (χ2n) is 6.39. The fraction of sp³-hybridized carbons (Fsp3) is 0.200. The lowest BCUT2D eigenvalue weighted by Gasteiger charge is -2.10. The minimum Gasteiger partial charge on any atom is -0.404 e. The lowest BCUT2D eigenvalue weighted by atomic mass is 10.1. The molecule has 0 unspecified atom stereocenters. The van der Waals surface area contributed by atoms with Gasteiger partial charge in [-0.1, -0.05) is 37.6 Å². The van der Waals surface area contributed by atoms with Gasteiger partial charge in [0, 0.05) is 6.07 Å². The molecule has 0 saturated heterocycles. The van der Waals surface area contributed by atoms with Crippen LogP contribution in [-0.4, -0.2) is 15.7 Å². The SMILES string of the molecule is CC(C)c1cc(OC(=O)c2ccc(C(F)(F)F)cc2)n(-c2ccccc2Cl)n1. The lowest BCUT2D eigenvalue weighted by molar-refractivity contribution is -0.137. The second-order valence-corrected chi connectivity index (χ2v) is 6.80. The molecule has 4 nitrogen and oxygen atoms in total. The Kier molecular flexibility index (Phi) is 5.47. The van der Waals surface area contributed by atoms with Crippen LogP contribution < -0.4 is 4.74 Å². The number of halogens is 4. The van der Waals surface area contributed by atoms with Crippen molar-refractivity contribution in [2.45, 2.75) is 25.9 Å². The van der Waals surface area contributed by atoms with Gasteiger partial charge in [0.25, 0.3) is 0 Å². The standard InChI is InChI=1S/C20H16ClF3N2O2/c1-12(2)16-11-18(26(25-16)17-6-4-3-5-15(17)21)28-19(27)13-7-9-14(10-8-13)20(22,23)24/h3-12H,1-2H3. The number of para-hydroxylation sites is 1. The highest BCUT2D eigenvalue weighted by Crippen LogP contribution is 2.30. The smallest absolute Gasteiger partial charge is 0.404 e. The molecule has 1 heterocycles. The molecule has 1 aromatic heterocycles. The molecule has 0 bridgehead atoms. The Balaban J connectivity index is 1.93. The van der Waals surface area contributed by atoms with Crippen LogP contribution >= 0.6 is 11.6 Å². The van der Waals surface area contributed by atoms with Gasteiger partial charge in [0.05, 0.1) is 27.5 Å². The van der Waals surface area contributed by atoms with Crippen LogP contribution in [0.15, 0.2) is 54.6 Å². The van der Waals surface area contributed by atoms with E-state index < -0.39 is 17.7 Å². The maximum absolute atomic E-state index is 12.7. The Morgan fingerprint density at radius 1 is 1.11 bits per heavy atom. The monoisotopic (exact) mass is 408 g/mol. The molecule has 0 spiro atoms. The third-order valence-corrected chi connectivity index (χ3v) is 4.33. The Hall–Kier alpha value is -2.80.